The number of rotatable bonds is 7. The summed E-state index contributed by atoms with van der Waals surface area (Å²) in [7, 11) is 0. The van der Waals surface area contributed by atoms with Gasteiger partial charge in [0.05, 0.1) is 10.6 Å². The lowest BCUT2D eigenvalue weighted by molar-refractivity contribution is 0.0997. The van der Waals surface area contributed by atoms with E-state index >= 15 is 0 Å². The molecule has 4 aromatic rings. The maximum absolute atomic E-state index is 13.0. The predicted molar refractivity (Wildman–Crippen MR) is 129 cm³/mol. The molecule has 1 aromatic heterocycles. The van der Waals surface area contributed by atoms with E-state index in [9.17, 15) is 14.4 Å². The number of anilines is 2. The number of carbonyl (C=O) groups is 3. The fourth-order valence-corrected chi connectivity index (χ4v) is 4.27. The van der Waals surface area contributed by atoms with Gasteiger partial charge in [0, 0.05) is 5.56 Å². The standard InChI is InChI=1S/C24H20N4O4S/c25-21(29)19-12-20(33-23(19)28-24(26)31)27-22(30)18-8-4-7-15-11-16(9-10-17(15)18)32-13-14-5-2-1-3-6-14/h1-12H,13H2,(H2,25,29)(H,27,30)(H3,26,28,31). The fraction of sp³-hybridized carbons (Fsp3) is 0.0417. The number of thiophene rings is 1. The van der Waals surface area contributed by atoms with Crippen molar-refractivity contribution in [3.05, 3.63) is 89.5 Å². The van der Waals surface area contributed by atoms with Gasteiger partial charge in [0.25, 0.3) is 11.8 Å². The molecule has 0 aliphatic heterocycles. The number of amides is 4. The number of primary amides is 2. The van der Waals surface area contributed by atoms with E-state index in [-0.39, 0.29) is 16.5 Å². The molecule has 0 saturated carbocycles. The topological polar surface area (TPSA) is 137 Å². The normalized spacial score (nSPS) is 10.5. The summed E-state index contributed by atoms with van der Waals surface area (Å²) in [6, 6.07) is 21.3. The van der Waals surface area contributed by atoms with Crippen LogP contribution in [-0.2, 0) is 6.61 Å². The molecule has 0 unspecified atom stereocenters. The van der Waals surface area contributed by atoms with Gasteiger partial charge in [-0.3, -0.25) is 14.9 Å². The Hall–Kier alpha value is -4.37. The molecule has 0 radical (unpaired) electrons. The Labute approximate surface area is 193 Å². The first kappa shape index (κ1) is 21.8. The average molecular weight is 461 g/mol. The number of carbonyl (C=O) groups excluding carboxylic acids is 3. The van der Waals surface area contributed by atoms with Crippen molar-refractivity contribution in [2.45, 2.75) is 6.61 Å². The van der Waals surface area contributed by atoms with Gasteiger partial charge < -0.3 is 21.5 Å². The number of ether oxygens (including phenoxy) is 1. The summed E-state index contributed by atoms with van der Waals surface area (Å²) in [5.74, 6) is -0.430. The first-order valence-electron chi connectivity index (χ1n) is 9.91. The van der Waals surface area contributed by atoms with Crippen LogP contribution < -0.4 is 26.8 Å². The average Bonchev–Trinajstić information content (AvgIpc) is 3.19. The molecule has 0 aliphatic rings. The van der Waals surface area contributed by atoms with Gasteiger partial charge in [-0.05, 0) is 46.7 Å². The summed E-state index contributed by atoms with van der Waals surface area (Å²) in [5, 5.41) is 7.18. The summed E-state index contributed by atoms with van der Waals surface area (Å²) in [4.78, 5) is 35.8. The SMILES string of the molecule is NC(=O)Nc1sc(NC(=O)c2cccc3cc(OCc4ccccc4)ccc23)cc1C(N)=O. The summed E-state index contributed by atoms with van der Waals surface area (Å²) in [6.45, 7) is 0.439. The largest absolute Gasteiger partial charge is 0.489 e. The molecule has 0 aliphatic carbocycles. The van der Waals surface area contributed by atoms with Crippen molar-refractivity contribution in [3.63, 3.8) is 0 Å². The molecule has 166 valence electrons. The van der Waals surface area contributed by atoms with E-state index in [0.717, 1.165) is 27.7 Å². The summed E-state index contributed by atoms with van der Waals surface area (Å²) in [6.07, 6.45) is 0. The summed E-state index contributed by atoms with van der Waals surface area (Å²) < 4.78 is 5.88. The third-order valence-electron chi connectivity index (χ3n) is 4.82. The van der Waals surface area contributed by atoms with Crippen LogP contribution in [0.2, 0.25) is 0 Å². The Bertz CT molecular complexity index is 1350. The van der Waals surface area contributed by atoms with E-state index < -0.39 is 11.9 Å². The second kappa shape index (κ2) is 9.41. The Morgan fingerprint density at radius 1 is 0.848 bits per heavy atom. The highest BCUT2D eigenvalue weighted by Gasteiger charge is 2.18. The third-order valence-corrected chi connectivity index (χ3v) is 5.78. The second-order valence-corrected chi connectivity index (χ2v) is 8.18. The van der Waals surface area contributed by atoms with Gasteiger partial charge in [0.1, 0.15) is 17.4 Å². The van der Waals surface area contributed by atoms with Crippen molar-refractivity contribution in [3.8, 4) is 5.75 Å². The number of hydrogen-bond acceptors (Lipinski definition) is 5. The van der Waals surface area contributed by atoms with Gasteiger partial charge in [0.2, 0.25) is 0 Å². The zero-order valence-corrected chi connectivity index (χ0v) is 18.1. The van der Waals surface area contributed by atoms with Crippen LogP contribution in [0.15, 0.2) is 72.8 Å². The number of benzene rings is 3. The van der Waals surface area contributed by atoms with Crippen LogP contribution in [0.4, 0.5) is 14.8 Å². The molecule has 0 atom stereocenters. The lowest BCUT2D eigenvalue weighted by atomic mass is 10.0. The monoisotopic (exact) mass is 460 g/mol. The third kappa shape index (κ3) is 5.10. The molecule has 4 amide bonds. The van der Waals surface area contributed by atoms with Gasteiger partial charge in [-0.15, -0.1) is 0 Å². The number of hydrogen-bond donors (Lipinski definition) is 4. The van der Waals surface area contributed by atoms with Crippen LogP contribution >= 0.6 is 11.3 Å². The van der Waals surface area contributed by atoms with Crippen molar-refractivity contribution >= 4 is 50.0 Å². The number of nitrogens with one attached hydrogen (secondary N) is 2. The van der Waals surface area contributed by atoms with Crippen LogP contribution in [0.25, 0.3) is 10.8 Å². The highest BCUT2D eigenvalue weighted by molar-refractivity contribution is 7.20. The zero-order valence-electron chi connectivity index (χ0n) is 17.3. The molecule has 6 N–H and O–H groups in total. The molecule has 1 heterocycles. The molecule has 0 saturated heterocycles. The maximum Gasteiger partial charge on any atom is 0.317 e. The van der Waals surface area contributed by atoms with Crippen molar-refractivity contribution in [1.29, 1.82) is 0 Å². The predicted octanol–water partition coefficient (Wildman–Crippen LogP) is 4.32. The Morgan fingerprint density at radius 3 is 2.36 bits per heavy atom. The fourth-order valence-electron chi connectivity index (χ4n) is 3.31. The minimum absolute atomic E-state index is 0.0622. The van der Waals surface area contributed by atoms with Gasteiger partial charge >= 0.3 is 6.03 Å². The smallest absolute Gasteiger partial charge is 0.317 e. The highest BCUT2D eigenvalue weighted by atomic mass is 32.1. The number of fused-ring (bicyclic) bond motifs is 1. The molecular formula is C24H20N4O4S. The van der Waals surface area contributed by atoms with Crippen LogP contribution in [0, 0.1) is 0 Å². The van der Waals surface area contributed by atoms with Crippen molar-refractivity contribution in [2.24, 2.45) is 11.5 Å². The minimum Gasteiger partial charge on any atom is -0.489 e. The second-order valence-electron chi connectivity index (χ2n) is 7.12. The zero-order chi connectivity index (χ0) is 23.4. The molecule has 0 spiro atoms. The van der Waals surface area contributed by atoms with E-state index in [4.69, 9.17) is 16.2 Å². The molecule has 0 bridgehead atoms. The molecule has 3 aromatic carbocycles. The van der Waals surface area contributed by atoms with E-state index in [1.54, 1.807) is 12.1 Å². The highest BCUT2D eigenvalue weighted by Crippen LogP contribution is 2.33. The van der Waals surface area contributed by atoms with Crippen LogP contribution in [0.1, 0.15) is 26.3 Å². The summed E-state index contributed by atoms with van der Waals surface area (Å²) in [5.41, 5.74) is 12.0. The Balaban J connectivity index is 1.55. The summed E-state index contributed by atoms with van der Waals surface area (Å²) >= 11 is 0.987. The van der Waals surface area contributed by atoms with Gasteiger partial charge in [-0.2, -0.15) is 0 Å². The van der Waals surface area contributed by atoms with E-state index in [2.05, 4.69) is 10.6 Å². The quantitative estimate of drug-likeness (QED) is 0.326. The van der Waals surface area contributed by atoms with Gasteiger partial charge in [-0.25, -0.2) is 4.79 Å². The van der Waals surface area contributed by atoms with E-state index in [1.807, 2.05) is 54.6 Å². The molecule has 9 heteroatoms. The number of urea groups is 1. The van der Waals surface area contributed by atoms with Crippen molar-refractivity contribution in [1.82, 2.24) is 0 Å². The van der Waals surface area contributed by atoms with E-state index in [0.29, 0.717) is 22.9 Å². The van der Waals surface area contributed by atoms with Crippen LogP contribution in [0.5, 0.6) is 5.75 Å². The van der Waals surface area contributed by atoms with Gasteiger partial charge in [0.15, 0.2) is 0 Å². The molecule has 0 fully saturated rings. The minimum atomic E-state index is -0.837. The molecule has 33 heavy (non-hydrogen) atoms. The maximum atomic E-state index is 13.0. The molecular weight excluding hydrogens is 440 g/mol. The lowest BCUT2D eigenvalue weighted by Gasteiger charge is -2.10. The van der Waals surface area contributed by atoms with E-state index in [1.165, 1.54) is 6.07 Å². The number of nitrogens with two attached hydrogens (primary N) is 2. The van der Waals surface area contributed by atoms with Gasteiger partial charge in [-0.1, -0.05) is 53.8 Å². The van der Waals surface area contributed by atoms with Crippen LogP contribution in [0.3, 0.4) is 0 Å². The van der Waals surface area contributed by atoms with Crippen molar-refractivity contribution in [2.75, 3.05) is 10.6 Å². The first-order chi connectivity index (χ1) is 15.9. The Morgan fingerprint density at radius 2 is 1.64 bits per heavy atom. The molecule has 8 nitrogen and oxygen atoms in total. The molecule has 4 rings (SSSR count). The Kier molecular flexibility index (Phi) is 6.23. The van der Waals surface area contributed by atoms with Crippen LogP contribution in [-0.4, -0.2) is 17.8 Å². The first-order valence-corrected chi connectivity index (χ1v) is 10.7. The van der Waals surface area contributed by atoms with Crippen molar-refractivity contribution < 1.29 is 19.1 Å². The lowest BCUT2D eigenvalue weighted by Crippen LogP contribution is -2.21.